The van der Waals surface area contributed by atoms with Crippen molar-refractivity contribution in [3.05, 3.63) is 11.8 Å². The molecule has 4 nitrogen and oxygen atoms in total. The van der Waals surface area contributed by atoms with E-state index in [4.69, 9.17) is 9.84 Å². The lowest BCUT2D eigenvalue weighted by atomic mass is 9.45. The maximum Gasteiger partial charge on any atom is 0.162 e. The molecule has 4 heteroatoms. The molecule has 2 N–H and O–H groups in total. The van der Waals surface area contributed by atoms with Crippen molar-refractivity contribution in [1.29, 1.82) is 0 Å². The maximum atomic E-state index is 12.4. The van der Waals surface area contributed by atoms with E-state index in [1.54, 1.807) is 0 Å². The minimum Gasteiger partial charge on any atom is -0.515 e. The molecule has 30 heavy (non-hydrogen) atoms. The van der Waals surface area contributed by atoms with Crippen molar-refractivity contribution in [2.75, 3.05) is 13.2 Å². The van der Waals surface area contributed by atoms with Crippen LogP contribution in [0.25, 0.3) is 0 Å². The summed E-state index contributed by atoms with van der Waals surface area (Å²) >= 11 is 0. The summed E-state index contributed by atoms with van der Waals surface area (Å²) in [5.74, 6) is 2.83. The van der Waals surface area contributed by atoms with Gasteiger partial charge in [0, 0.05) is 25.2 Å². The van der Waals surface area contributed by atoms with Crippen molar-refractivity contribution >= 4 is 5.78 Å². The Labute approximate surface area is 182 Å². The van der Waals surface area contributed by atoms with E-state index in [1.807, 2.05) is 0 Å². The summed E-state index contributed by atoms with van der Waals surface area (Å²) in [5, 5.41) is 18.5. The molecular weight excluding hydrogens is 376 g/mol. The molecule has 170 valence electrons. The van der Waals surface area contributed by atoms with E-state index in [0.717, 1.165) is 56.8 Å². The molecule has 0 aromatic heterocycles. The zero-order valence-electron chi connectivity index (χ0n) is 19.1. The second kappa shape index (κ2) is 8.94. The topological polar surface area (TPSA) is 66.8 Å². The molecule has 0 unspecified atom stereocenters. The predicted molar refractivity (Wildman–Crippen MR) is 118 cm³/mol. The van der Waals surface area contributed by atoms with Gasteiger partial charge in [0.05, 0.1) is 12.4 Å². The van der Waals surface area contributed by atoms with E-state index in [0.29, 0.717) is 42.0 Å². The normalized spacial score (nSPS) is 44.6. The number of hydrogen-bond donors (Lipinski definition) is 2. The second-order valence-electron chi connectivity index (χ2n) is 11.2. The van der Waals surface area contributed by atoms with Crippen molar-refractivity contribution in [2.45, 2.75) is 97.0 Å². The molecule has 0 aromatic carbocycles. The monoisotopic (exact) mass is 418 g/mol. The fourth-order valence-electron chi connectivity index (χ4n) is 8.15. The van der Waals surface area contributed by atoms with Crippen LogP contribution in [0.15, 0.2) is 11.8 Å². The van der Waals surface area contributed by atoms with Gasteiger partial charge in [0.25, 0.3) is 0 Å². The van der Waals surface area contributed by atoms with Gasteiger partial charge in [-0.1, -0.05) is 26.7 Å². The third kappa shape index (κ3) is 3.77. The minimum absolute atomic E-state index is 0.165. The van der Waals surface area contributed by atoms with E-state index in [9.17, 15) is 9.90 Å². The Morgan fingerprint density at radius 1 is 1.00 bits per heavy atom. The zero-order valence-corrected chi connectivity index (χ0v) is 19.1. The molecule has 4 saturated carbocycles. The first-order chi connectivity index (χ1) is 14.4. The van der Waals surface area contributed by atoms with Crippen LogP contribution in [-0.4, -0.2) is 35.3 Å². The lowest BCUT2D eigenvalue weighted by Crippen LogP contribution is -2.54. The molecule has 0 spiro atoms. The number of ketones is 1. The Morgan fingerprint density at radius 3 is 2.53 bits per heavy atom. The highest BCUT2D eigenvalue weighted by molar-refractivity contribution is 5.96. The molecular formula is C26H42O4. The standard InChI is InChI=1S/C26H42O4/c1-25-12-11-22-20(8-7-19-15-23(29)18(17-28)16-26(19,22)2)21(25)9-10-24(25)30-14-6-4-3-5-13-27/h17,19-22,24,27-28H,3-16H2,1-2H3/t19-,20-,21-,22-,24-,25-,26-/m0/s1. The van der Waals surface area contributed by atoms with Crippen LogP contribution >= 0.6 is 0 Å². The first kappa shape index (κ1) is 22.3. The highest BCUT2D eigenvalue weighted by Crippen LogP contribution is 2.66. The summed E-state index contributed by atoms with van der Waals surface area (Å²) in [6.45, 7) is 6.08. The van der Waals surface area contributed by atoms with Crippen LogP contribution in [0.4, 0.5) is 0 Å². The molecule has 4 fully saturated rings. The number of aliphatic hydroxyl groups is 2. The lowest BCUT2D eigenvalue weighted by molar-refractivity contribution is -0.138. The molecule has 0 heterocycles. The summed E-state index contributed by atoms with van der Waals surface area (Å²) in [6.07, 6.45) is 14.6. The molecule has 7 atom stereocenters. The highest BCUT2D eigenvalue weighted by Gasteiger charge is 2.61. The number of Topliss-reactive ketones (excluding diaryl/α,β-unsaturated/α-hetero) is 1. The Hall–Kier alpha value is -0.870. The van der Waals surface area contributed by atoms with Crippen LogP contribution < -0.4 is 0 Å². The van der Waals surface area contributed by atoms with Crippen molar-refractivity contribution in [3.63, 3.8) is 0 Å². The number of fused-ring (bicyclic) bond motifs is 5. The highest BCUT2D eigenvalue weighted by atomic mass is 16.5. The van der Waals surface area contributed by atoms with Gasteiger partial charge in [-0.25, -0.2) is 0 Å². The first-order valence-corrected chi connectivity index (χ1v) is 12.5. The van der Waals surface area contributed by atoms with Gasteiger partial charge < -0.3 is 14.9 Å². The quantitative estimate of drug-likeness (QED) is 0.321. The van der Waals surface area contributed by atoms with Crippen LogP contribution in [0, 0.1) is 34.5 Å². The molecule has 0 bridgehead atoms. The first-order valence-electron chi connectivity index (χ1n) is 12.5. The number of unbranched alkanes of at least 4 members (excludes halogenated alkanes) is 3. The minimum atomic E-state index is 0.165. The number of carbonyl (C=O) groups is 1. The average Bonchev–Trinajstić information content (AvgIpc) is 3.07. The molecule has 4 aliphatic carbocycles. The SMILES string of the molecule is C[C@]12CC(=CO)C(=O)C[C@@H]1CC[C@@H]1[C@@H]2CC[C@]2(C)[C@@H](OCCCCCCO)CC[C@@H]12. The summed E-state index contributed by atoms with van der Waals surface area (Å²) in [7, 11) is 0. The summed E-state index contributed by atoms with van der Waals surface area (Å²) in [6, 6.07) is 0. The summed E-state index contributed by atoms with van der Waals surface area (Å²) in [4.78, 5) is 12.4. The van der Waals surface area contributed by atoms with Gasteiger partial charge in [-0.3, -0.25) is 4.79 Å². The Bertz CT molecular complexity index is 657. The fraction of sp³-hybridized carbons (Fsp3) is 0.885. The Balaban J connectivity index is 1.41. The molecule has 4 rings (SSSR count). The largest absolute Gasteiger partial charge is 0.515 e. The van der Waals surface area contributed by atoms with E-state index < -0.39 is 0 Å². The van der Waals surface area contributed by atoms with Crippen LogP contribution in [-0.2, 0) is 9.53 Å². The van der Waals surface area contributed by atoms with Crippen molar-refractivity contribution < 1.29 is 19.7 Å². The molecule has 0 aromatic rings. The van der Waals surface area contributed by atoms with Gasteiger partial charge in [0.2, 0.25) is 0 Å². The van der Waals surface area contributed by atoms with E-state index in [-0.39, 0.29) is 11.2 Å². The van der Waals surface area contributed by atoms with E-state index >= 15 is 0 Å². The summed E-state index contributed by atoms with van der Waals surface area (Å²) < 4.78 is 6.47. The average molecular weight is 419 g/mol. The van der Waals surface area contributed by atoms with Gasteiger partial charge in [-0.15, -0.1) is 0 Å². The van der Waals surface area contributed by atoms with Gasteiger partial charge in [-0.05, 0) is 92.3 Å². The number of rotatable bonds is 7. The molecule has 0 amide bonds. The van der Waals surface area contributed by atoms with Crippen molar-refractivity contribution in [3.8, 4) is 0 Å². The summed E-state index contributed by atoms with van der Waals surface area (Å²) in [5.41, 5.74) is 1.13. The number of hydrogen-bond acceptors (Lipinski definition) is 4. The number of ether oxygens (including phenoxy) is 1. The smallest absolute Gasteiger partial charge is 0.162 e. The lowest BCUT2D eigenvalue weighted by Gasteiger charge is -2.60. The third-order valence-electron chi connectivity index (χ3n) is 9.87. The number of allylic oxidation sites excluding steroid dienone is 1. The van der Waals surface area contributed by atoms with Crippen molar-refractivity contribution in [2.24, 2.45) is 34.5 Å². The fourth-order valence-corrected chi connectivity index (χ4v) is 8.15. The van der Waals surface area contributed by atoms with Crippen LogP contribution in [0.3, 0.4) is 0 Å². The third-order valence-corrected chi connectivity index (χ3v) is 9.87. The molecule has 0 saturated heterocycles. The number of carbonyl (C=O) groups excluding carboxylic acids is 1. The van der Waals surface area contributed by atoms with Gasteiger partial charge in [0.15, 0.2) is 5.78 Å². The molecule has 0 radical (unpaired) electrons. The van der Waals surface area contributed by atoms with Gasteiger partial charge >= 0.3 is 0 Å². The maximum absolute atomic E-state index is 12.4. The number of aliphatic hydroxyl groups excluding tert-OH is 2. The van der Waals surface area contributed by atoms with Gasteiger partial charge in [-0.2, -0.15) is 0 Å². The zero-order chi connectivity index (χ0) is 21.4. The van der Waals surface area contributed by atoms with Crippen molar-refractivity contribution in [1.82, 2.24) is 0 Å². The molecule has 0 aliphatic heterocycles. The Morgan fingerprint density at radius 2 is 1.77 bits per heavy atom. The van der Waals surface area contributed by atoms with Gasteiger partial charge in [0.1, 0.15) is 0 Å². The van der Waals surface area contributed by atoms with E-state index in [2.05, 4.69) is 13.8 Å². The van der Waals surface area contributed by atoms with Crippen LogP contribution in [0.2, 0.25) is 0 Å². The van der Waals surface area contributed by atoms with Crippen LogP contribution in [0.5, 0.6) is 0 Å². The van der Waals surface area contributed by atoms with Crippen LogP contribution in [0.1, 0.15) is 90.9 Å². The second-order valence-corrected chi connectivity index (χ2v) is 11.2. The Kier molecular flexibility index (Phi) is 6.65. The van der Waals surface area contributed by atoms with E-state index in [1.165, 1.54) is 38.5 Å². The molecule has 4 aliphatic rings. The predicted octanol–water partition coefficient (Wildman–Crippen LogP) is 5.59.